The van der Waals surface area contributed by atoms with Gasteiger partial charge in [0.2, 0.25) is 5.95 Å². The molecule has 5 nitrogen and oxygen atoms in total. The summed E-state index contributed by atoms with van der Waals surface area (Å²) in [5.74, 6) is 1.29. The predicted molar refractivity (Wildman–Crippen MR) is 90.9 cm³/mol. The molecule has 4 rings (SSSR count). The zero-order valence-electron chi connectivity index (χ0n) is 12.8. The van der Waals surface area contributed by atoms with E-state index >= 15 is 0 Å². The summed E-state index contributed by atoms with van der Waals surface area (Å²) in [4.78, 5) is 21.1. The van der Waals surface area contributed by atoms with Crippen LogP contribution in [0.2, 0.25) is 0 Å². The quantitative estimate of drug-likeness (QED) is 0.785. The number of hydrogen-bond acceptors (Lipinski definition) is 4. The number of fused-ring (bicyclic) bond motifs is 1. The van der Waals surface area contributed by atoms with Gasteiger partial charge in [-0.2, -0.15) is 4.98 Å². The summed E-state index contributed by atoms with van der Waals surface area (Å²) in [7, 11) is 0. The van der Waals surface area contributed by atoms with Gasteiger partial charge in [-0.25, -0.2) is 4.98 Å². The normalized spacial score (nSPS) is 14.1. The lowest BCUT2D eigenvalue weighted by Gasteiger charge is -2.10. The van der Waals surface area contributed by atoms with E-state index in [1.165, 1.54) is 12.8 Å². The molecule has 0 atom stereocenters. The molecule has 1 aromatic carbocycles. The van der Waals surface area contributed by atoms with Crippen LogP contribution in [0.15, 0.2) is 53.5 Å². The number of aromatic nitrogens is 3. The second kappa shape index (κ2) is 5.83. The maximum Gasteiger partial charge on any atom is 0.252 e. The fraction of sp³-hybridized carbons (Fsp3) is 0.278. The Morgan fingerprint density at radius 1 is 1.13 bits per heavy atom. The van der Waals surface area contributed by atoms with Gasteiger partial charge in [-0.15, -0.1) is 0 Å². The summed E-state index contributed by atoms with van der Waals surface area (Å²) in [6.45, 7) is 0.725. The molecule has 0 spiro atoms. The van der Waals surface area contributed by atoms with Gasteiger partial charge in [0.25, 0.3) is 5.56 Å². The molecule has 5 heteroatoms. The molecule has 0 radical (unpaired) electrons. The third kappa shape index (κ3) is 3.08. The predicted octanol–water partition coefficient (Wildman–Crippen LogP) is 3.34. The molecular formula is C18H18N4O. The molecule has 1 aliphatic rings. The van der Waals surface area contributed by atoms with Gasteiger partial charge in [0.1, 0.15) is 5.65 Å². The second-order valence-corrected chi connectivity index (χ2v) is 6.02. The summed E-state index contributed by atoms with van der Waals surface area (Å²) in [5.41, 5.74) is 1.63. The van der Waals surface area contributed by atoms with Crippen molar-refractivity contribution < 1.29 is 0 Å². The van der Waals surface area contributed by atoms with Gasteiger partial charge in [0, 0.05) is 29.9 Å². The maximum absolute atomic E-state index is 12.2. The van der Waals surface area contributed by atoms with Crippen LogP contribution in [0.25, 0.3) is 11.0 Å². The van der Waals surface area contributed by atoms with Gasteiger partial charge in [-0.1, -0.05) is 31.0 Å². The molecule has 3 aromatic rings. The Balaban J connectivity index is 1.70. The average Bonchev–Trinajstić information content (AvgIpc) is 3.39. The van der Waals surface area contributed by atoms with E-state index < -0.39 is 0 Å². The van der Waals surface area contributed by atoms with Crippen LogP contribution in [-0.2, 0) is 6.54 Å². The summed E-state index contributed by atoms with van der Waals surface area (Å²) in [6.07, 6.45) is 5.38. The smallest absolute Gasteiger partial charge is 0.252 e. The van der Waals surface area contributed by atoms with Crippen LogP contribution in [0.4, 0.5) is 11.6 Å². The first-order chi connectivity index (χ1) is 11.3. The third-order valence-corrected chi connectivity index (χ3v) is 4.21. The number of nitrogens with zero attached hydrogens (tertiary/aromatic N) is 3. The average molecular weight is 306 g/mol. The standard InChI is InChI=1S/C18H18N4O/c23-16-9-8-14-12-19-18(20-15-4-2-1-3-5-15)21-17(14)22(16)11-10-13-6-7-13/h1-5,8-9,12-13H,6-7,10-11H2,(H,19,20,21). The van der Waals surface area contributed by atoms with Gasteiger partial charge < -0.3 is 5.32 Å². The zero-order chi connectivity index (χ0) is 15.6. The number of para-hydroxylation sites is 1. The highest BCUT2D eigenvalue weighted by atomic mass is 16.1. The molecular weight excluding hydrogens is 288 g/mol. The van der Waals surface area contributed by atoms with E-state index in [-0.39, 0.29) is 5.56 Å². The van der Waals surface area contributed by atoms with Crippen molar-refractivity contribution in [3.05, 3.63) is 59.0 Å². The molecule has 0 saturated heterocycles. The number of pyridine rings is 1. The van der Waals surface area contributed by atoms with Crippen LogP contribution in [0.1, 0.15) is 19.3 Å². The summed E-state index contributed by atoms with van der Waals surface area (Å²) >= 11 is 0. The van der Waals surface area contributed by atoms with Crippen LogP contribution < -0.4 is 10.9 Å². The molecule has 0 amide bonds. The van der Waals surface area contributed by atoms with Crippen LogP contribution in [0, 0.1) is 5.92 Å². The molecule has 0 bridgehead atoms. The molecule has 2 heterocycles. The monoisotopic (exact) mass is 306 g/mol. The van der Waals surface area contributed by atoms with E-state index in [1.807, 2.05) is 30.3 Å². The maximum atomic E-state index is 12.2. The van der Waals surface area contributed by atoms with Gasteiger partial charge in [0.15, 0.2) is 0 Å². The molecule has 23 heavy (non-hydrogen) atoms. The minimum Gasteiger partial charge on any atom is -0.324 e. The SMILES string of the molecule is O=c1ccc2cnc(Nc3ccccc3)nc2n1CCC1CC1. The topological polar surface area (TPSA) is 59.8 Å². The molecule has 0 unspecified atom stereocenters. The lowest BCUT2D eigenvalue weighted by molar-refractivity contribution is 0.593. The highest BCUT2D eigenvalue weighted by Gasteiger charge is 2.21. The molecule has 2 aromatic heterocycles. The molecule has 116 valence electrons. The van der Waals surface area contributed by atoms with Crippen molar-refractivity contribution in [3.8, 4) is 0 Å². The van der Waals surface area contributed by atoms with Crippen LogP contribution >= 0.6 is 0 Å². The minimum absolute atomic E-state index is 0.00233. The van der Waals surface area contributed by atoms with Crippen molar-refractivity contribution in [2.45, 2.75) is 25.8 Å². The van der Waals surface area contributed by atoms with Gasteiger partial charge in [0.05, 0.1) is 0 Å². The van der Waals surface area contributed by atoms with E-state index in [9.17, 15) is 4.79 Å². The van der Waals surface area contributed by atoms with Crippen molar-refractivity contribution in [1.29, 1.82) is 0 Å². The van der Waals surface area contributed by atoms with E-state index in [1.54, 1.807) is 22.9 Å². The van der Waals surface area contributed by atoms with E-state index in [4.69, 9.17) is 0 Å². The number of aryl methyl sites for hydroxylation is 1. The molecule has 1 fully saturated rings. The number of hydrogen-bond donors (Lipinski definition) is 1. The van der Waals surface area contributed by atoms with E-state index in [0.717, 1.165) is 30.0 Å². The highest BCUT2D eigenvalue weighted by molar-refractivity contribution is 5.75. The number of benzene rings is 1. The first kappa shape index (κ1) is 13.9. The van der Waals surface area contributed by atoms with Crippen molar-refractivity contribution in [3.63, 3.8) is 0 Å². The molecule has 1 saturated carbocycles. The Morgan fingerprint density at radius 3 is 2.74 bits per heavy atom. The fourth-order valence-corrected chi connectivity index (χ4v) is 2.72. The Kier molecular flexibility index (Phi) is 3.54. The van der Waals surface area contributed by atoms with E-state index in [0.29, 0.717) is 11.6 Å². The Morgan fingerprint density at radius 2 is 1.96 bits per heavy atom. The second-order valence-electron chi connectivity index (χ2n) is 6.02. The molecule has 0 aliphatic heterocycles. The van der Waals surface area contributed by atoms with Crippen LogP contribution in [-0.4, -0.2) is 14.5 Å². The first-order valence-electron chi connectivity index (χ1n) is 7.98. The van der Waals surface area contributed by atoms with Crippen molar-refractivity contribution >= 4 is 22.7 Å². The van der Waals surface area contributed by atoms with Gasteiger partial charge >= 0.3 is 0 Å². The molecule has 1 aliphatic carbocycles. The summed E-state index contributed by atoms with van der Waals surface area (Å²) < 4.78 is 1.77. The lowest BCUT2D eigenvalue weighted by atomic mass is 10.2. The number of anilines is 2. The Labute approximate surface area is 134 Å². The van der Waals surface area contributed by atoms with Crippen molar-refractivity contribution in [1.82, 2.24) is 14.5 Å². The Bertz CT molecular complexity index is 884. The largest absolute Gasteiger partial charge is 0.324 e. The molecule has 1 N–H and O–H groups in total. The van der Waals surface area contributed by atoms with Gasteiger partial charge in [-0.3, -0.25) is 9.36 Å². The minimum atomic E-state index is 0.00233. The third-order valence-electron chi connectivity index (χ3n) is 4.21. The van der Waals surface area contributed by atoms with Crippen LogP contribution in [0.5, 0.6) is 0 Å². The van der Waals surface area contributed by atoms with Gasteiger partial charge in [-0.05, 0) is 30.5 Å². The van der Waals surface area contributed by atoms with E-state index in [2.05, 4.69) is 15.3 Å². The Hall–Kier alpha value is -2.69. The number of rotatable bonds is 5. The summed E-state index contributed by atoms with van der Waals surface area (Å²) in [5, 5.41) is 4.07. The number of nitrogens with one attached hydrogen (secondary N) is 1. The zero-order valence-corrected chi connectivity index (χ0v) is 12.8. The highest BCUT2D eigenvalue weighted by Crippen LogP contribution is 2.32. The first-order valence-corrected chi connectivity index (χ1v) is 7.98. The fourth-order valence-electron chi connectivity index (χ4n) is 2.72. The summed E-state index contributed by atoms with van der Waals surface area (Å²) in [6, 6.07) is 13.2. The van der Waals surface area contributed by atoms with Crippen LogP contribution in [0.3, 0.4) is 0 Å². The lowest BCUT2D eigenvalue weighted by Crippen LogP contribution is -2.20. The van der Waals surface area contributed by atoms with Crippen molar-refractivity contribution in [2.24, 2.45) is 5.92 Å². The van der Waals surface area contributed by atoms with Crippen molar-refractivity contribution in [2.75, 3.05) is 5.32 Å².